The van der Waals surface area contributed by atoms with Crippen LogP contribution in [0.25, 0.3) is 11.1 Å². The average Bonchev–Trinajstić information content (AvgIpc) is 3.63. The monoisotopic (exact) mass is 840 g/mol. The van der Waals surface area contributed by atoms with E-state index in [-0.39, 0.29) is 24.7 Å². The maximum atomic E-state index is 13.8. The molecule has 7 atom stereocenters. The van der Waals surface area contributed by atoms with Crippen molar-refractivity contribution in [1.29, 1.82) is 0 Å². The first-order chi connectivity index (χ1) is 30.2. The molecular weight excluding hydrogens is 797 g/mol. The molecule has 2 N–H and O–H groups in total. The number of esters is 2. The van der Waals surface area contributed by atoms with E-state index < -0.39 is 85.9 Å². The van der Waals surface area contributed by atoms with Crippen LogP contribution in [-0.4, -0.2) is 92.8 Å². The molecule has 0 saturated carbocycles. The second kappa shape index (κ2) is 19.3. The van der Waals surface area contributed by atoms with Crippen molar-refractivity contribution in [3.8, 4) is 11.1 Å². The maximum absolute atomic E-state index is 13.8. The van der Waals surface area contributed by atoms with Crippen molar-refractivity contribution in [1.82, 2.24) is 10.6 Å². The van der Waals surface area contributed by atoms with Gasteiger partial charge in [-0.25, -0.2) is 14.4 Å². The molecule has 5 aromatic carbocycles. The van der Waals surface area contributed by atoms with E-state index in [1.807, 2.05) is 78.9 Å². The zero-order valence-corrected chi connectivity index (χ0v) is 33.6. The lowest BCUT2D eigenvalue weighted by Gasteiger charge is -2.48. The van der Waals surface area contributed by atoms with Gasteiger partial charge in [-0.15, -0.1) is 0 Å². The molecule has 0 bridgehead atoms. The highest BCUT2D eigenvalue weighted by atomic mass is 16.8. The average molecular weight is 841 g/mol. The third kappa shape index (κ3) is 9.59. The number of Topliss-reactive ketones (excluding diaryl/α,β-unsaturated/α-hetero) is 1. The molecule has 3 aliphatic rings. The highest BCUT2D eigenvalue weighted by Crippen LogP contribution is 2.44. The number of carbonyl (C=O) groups excluding carboxylic acids is 5. The molecule has 0 spiro atoms. The SMILES string of the molecule is CC(=O)N[C@@H]1[C@@H](OC[C@H](NC(=O)OCC2c3ccccc3-c3ccccc32)C(=O)OCC(=O)c2ccccc2)OC2COC(c3ccccc3)O[C@@H]2[C@@H]1OC(=O)c1ccccc1. The number of carbonyl (C=O) groups is 5. The number of fused-ring (bicyclic) bond motifs is 4. The summed E-state index contributed by atoms with van der Waals surface area (Å²) in [6.07, 6.45) is -6.24. The fraction of sp³-hybridized carbons (Fsp3) is 0.271. The highest BCUT2D eigenvalue weighted by Gasteiger charge is 2.53. The molecule has 2 saturated heterocycles. The molecule has 14 heteroatoms. The van der Waals surface area contributed by atoms with E-state index in [2.05, 4.69) is 10.6 Å². The van der Waals surface area contributed by atoms with E-state index in [9.17, 15) is 24.0 Å². The van der Waals surface area contributed by atoms with Crippen LogP contribution in [0.2, 0.25) is 0 Å². The molecular formula is C48H44N2O12. The summed E-state index contributed by atoms with van der Waals surface area (Å²) in [5.74, 6) is -2.95. The van der Waals surface area contributed by atoms with Gasteiger partial charge in [-0.2, -0.15) is 0 Å². The van der Waals surface area contributed by atoms with Gasteiger partial charge in [0.1, 0.15) is 24.9 Å². The van der Waals surface area contributed by atoms with Crippen LogP contribution in [0.15, 0.2) is 140 Å². The second-order valence-corrected chi connectivity index (χ2v) is 14.9. The van der Waals surface area contributed by atoms with Gasteiger partial charge in [-0.05, 0) is 34.4 Å². The molecule has 0 aromatic heterocycles. The van der Waals surface area contributed by atoms with E-state index in [0.29, 0.717) is 11.1 Å². The number of rotatable bonds is 14. The van der Waals surface area contributed by atoms with Gasteiger partial charge in [-0.1, -0.05) is 127 Å². The number of amides is 2. The maximum Gasteiger partial charge on any atom is 0.407 e. The van der Waals surface area contributed by atoms with Gasteiger partial charge >= 0.3 is 18.0 Å². The van der Waals surface area contributed by atoms with Crippen molar-refractivity contribution >= 4 is 29.7 Å². The van der Waals surface area contributed by atoms with Crippen LogP contribution in [0, 0.1) is 0 Å². The Kier molecular flexibility index (Phi) is 13.1. The molecule has 8 rings (SSSR count). The third-order valence-electron chi connectivity index (χ3n) is 10.8. The van der Waals surface area contributed by atoms with E-state index >= 15 is 0 Å². The number of hydrogen-bond donors (Lipinski definition) is 2. The van der Waals surface area contributed by atoms with E-state index in [0.717, 1.165) is 22.3 Å². The minimum absolute atomic E-state index is 0.0265. The Labute approximate surface area is 357 Å². The smallest absolute Gasteiger partial charge is 0.407 e. The Morgan fingerprint density at radius 1 is 0.710 bits per heavy atom. The molecule has 62 heavy (non-hydrogen) atoms. The molecule has 14 nitrogen and oxygen atoms in total. The fourth-order valence-electron chi connectivity index (χ4n) is 7.87. The van der Waals surface area contributed by atoms with Crippen LogP contribution >= 0.6 is 0 Å². The van der Waals surface area contributed by atoms with Crippen LogP contribution in [-0.2, 0) is 42.7 Å². The topological polar surface area (TPSA) is 174 Å². The Balaban J connectivity index is 1.02. The van der Waals surface area contributed by atoms with Crippen LogP contribution in [0.5, 0.6) is 0 Å². The van der Waals surface area contributed by atoms with Crippen molar-refractivity contribution in [2.45, 2.75) is 55.8 Å². The molecule has 1 aliphatic carbocycles. The highest BCUT2D eigenvalue weighted by molar-refractivity contribution is 5.98. The van der Waals surface area contributed by atoms with Crippen molar-refractivity contribution < 1.29 is 57.1 Å². The predicted octanol–water partition coefficient (Wildman–Crippen LogP) is 5.91. The van der Waals surface area contributed by atoms with E-state index in [4.69, 9.17) is 33.2 Å². The zero-order valence-electron chi connectivity index (χ0n) is 33.6. The van der Waals surface area contributed by atoms with Crippen LogP contribution in [0.4, 0.5) is 4.79 Å². The van der Waals surface area contributed by atoms with Crippen LogP contribution < -0.4 is 10.6 Å². The van der Waals surface area contributed by atoms with Gasteiger partial charge in [0.2, 0.25) is 5.91 Å². The summed E-state index contributed by atoms with van der Waals surface area (Å²) in [4.78, 5) is 66.7. The van der Waals surface area contributed by atoms with Gasteiger partial charge < -0.3 is 43.8 Å². The fourth-order valence-corrected chi connectivity index (χ4v) is 7.87. The Bertz CT molecular complexity index is 2330. The molecule has 318 valence electrons. The summed E-state index contributed by atoms with van der Waals surface area (Å²) in [6.45, 7) is -0.0132. The predicted molar refractivity (Wildman–Crippen MR) is 222 cm³/mol. The summed E-state index contributed by atoms with van der Waals surface area (Å²) in [6, 6.07) is 38.7. The molecule has 0 radical (unpaired) electrons. The van der Waals surface area contributed by atoms with Crippen LogP contribution in [0.3, 0.4) is 0 Å². The van der Waals surface area contributed by atoms with Gasteiger partial charge in [0.25, 0.3) is 0 Å². The summed E-state index contributed by atoms with van der Waals surface area (Å²) >= 11 is 0. The van der Waals surface area contributed by atoms with Crippen molar-refractivity contribution in [2.24, 2.45) is 0 Å². The van der Waals surface area contributed by atoms with Gasteiger partial charge in [0.05, 0.1) is 18.8 Å². The first-order valence-corrected chi connectivity index (χ1v) is 20.2. The summed E-state index contributed by atoms with van der Waals surface area (Å²) in [5, 5.41) is 5.33. The number of ketones is 1. The quantitative estimate of drug-likeness (QED) is 0.0771. The molecule has 2 aliphatic heterocycles. The van der Waals surface area contributed by atoms with Gasteiger partial charge in [-0.3, -0.25) is 9.59 Å². The Morgan fingerprint density at radius 2 is 1.31 bits per heavy atom. The second-order valence-electron chi connectivity index (χ2n) is 14.9. The first kappa shape index (κ1) is 42.0. The van der Waals surface area contributed by atoms with E-state index in [1.165, 1.54) is 6.92 Å². The Hall–Kier alpha value is -6.71. The normalized spacial score (nSPS) is 21.8. The largest absolute Gasteiger partial charge is 0.456 e. The minimum atomic E-state index is -1.54. The van der Waals surface area contributed by atoms with Crippen molar-refractivity contribution in [2.75, 3.05) is 26.4 Å². The van der Waals surface area contributed by atoms with Crippen molar-refractivity contribution in [3.05, 3.63) is 167 Å². The summed E-state index contributed by atoms with van der Waals surface area (Å²) in [7, 11) is 0. The third-order valence-corrected chi connectivity index (χ3v) is 10.8. The van der Waals surface area contributed by atoms with E-state index in [1.54, 1.807) is 60.7 Å². The van der Waals surface area contributed by atoms with Gasteiger partial charge in [0.15, 0.2) is 37.1 Å². The first-order valence-electron chi connectivity index (χ1n) is 20.2. The summed E-state index contributed by atoms with van der Waals surface area (Å²) < 4.78 is 42.3. The lowest BCUT2D eigenvalue weighted by molar-refractivity contribution is -0.343. The molecule has 5 aromatic rings. The number of ether oxygens (including phenoxy) is 7. The van der Waals surface area contributed by atoms with Crippen molar-refractivity contribution in [3.63, 3.8) is 0 Å². The minimum Gasteiger partial charge on any atom is -0.456 e. The van der Waals surface area contributed by atoms with Gasteiger partial charge in [0, 0.05) is 24.0 Å². The molecule has 2 amide bonds. The summed E-state index contributed by atoms with van der Waals surface area (Å²) in [5.41, 5.74) is 5.34. The molecule has 2 unspecified atom stereocenters. The van der Waals surface area contributed by atoms with Crippen LogP contribution in [0.1, 0.15) is 56.5 Å². The number of hydrogen-bond acceptors (Lipinski definition) is 12. The standard InChI is InChI=1S/C48H44N2O12/c1-29(51)49-41-43(61-44(53)31-17-7-3-8-18-31)42-40(28-58-46(62-42)32-19-9-4-10-20-32)60-47(41)57-26-38(45(54)56-27-39(52)30-15-5-2-6-16-30)50-48(55)59-25-37-35-23-13-11-21-33(35)34-22-12-14-24-36(34)37/h2-24,37-38,40-43,46-47H,25-28H2,1H3,(H,49,51)(H,50,55)/t38-,40?,41-,42-,43+,46?,47-/m0/s1. The number of alkyl carbamates (subject to hydrolysis) is 1. The zero-order chi connectivity index (χ0) is 43.0. The lowest BCUT2D eigenvalue weighted by Crippen LogP contribution is -2.68. The Morgan fingerprint density at radius 3 is 1.95 bits per heavy atom. The number of benzene rings is 5. The molecule has 2 heterocycles. The lowest BCUT2D eigenvalue weighted by atomic mass is 9.95. The molecule has 2 fully saturated rings. The number of nitrogens with one attached hydrogen (secondary N) is 2.